The predicted molar refractivity (Wildman–Crippen MR) is 99.2 cm³/mol. The van der Waals surface area contributed by atoms with E-state index in [9.17, 15) is 4.79 Å². The summed E-state index contributed by atoms with van der Waals surface area (Å²) < 4.78 is 0. The lowest BCUT2D eigenvalue weighted by atomic mass is 10.1. The number of nitrogens with one attached hydrogen (secondary N) is 2. The highest BCUT2D eigenvalue weighted by Gasteiger charge is 2.03. The minimum absolute atomic E-state index is 0.0652. The van der Waals surface area contributed by atoms with Gasteiger partial charge in [0.05, 0.1) is 6.54 Å². The van der Waals surface area contributed by atoms with Crippen molar-refractivity contribution < 1.29 is 4.79 Å². The Morgan fingerprint density at radius 1 is 1.08 bits per heavy atom. The summed E-state index contributed by atoms with van der Waals surface area (Å²) in [4.78, 5) is 16.0. The van der Waals surface area contributed by atoms with Crippen LogP contribution in [0, 0.1) is 0 Å². The van der Waals surface area contributed by atoms with Crippen molar-refractivity contribution in [3.05, 3.63) is 65.2 Å². The number of amides is 1. The molecule has 126 valence electrons. The van der Waals surface area contributed by atoms with Gasteiger partial charge in [0.15, 0.2) is 5.96 Å². The molecule has 0 atom stereocenters. The molecule has 0 fully saturated rings. The summed E-state index contributed by atoms with van der Waals surface area (Å²) >= 11 is 0. The molecular formula is C19H24N4O. The lowest BCUT2D eigenvalue weighted by Gasteiger charge is -2.07. The SMILES string of the molecule is CCNC(=O)c1ccc(CN=C(N)Nc2cccc(CC)c2)cc1. The molecule has 5 nitrogen and oxygen atoms in total. The van der Waals surface area contributed by atoms with Gasteiger partial charge >= 0.3 is 0 Å². The molecule has 0 aliphatic heterocycles. The van der Waals surface area contributed by atoms with E-state index < -0.39 is 0 Å². The van der Waals surface area contributed by atoms with Gasteiger partial charge in [-0.25, -0.2) is 4.99 Å². The number of guanidine groups is 1. The molecule has 0 bridgehead atoms. The maximum Gasteiger partial charge on any atom is 0.251 e. The van der Waals surface area contributed by atoms with Gasteiger partial charge in [-0.3, -0.25) is 4.79 Å². The minimum atomic E-state index is -0.0652. The summed E-state index contributed by atoms with van der Waals surface area (Å²) in [6, 6.07) is 15.5. The summed E-state index contributed by atoms with van der Waals surface area (Å²) in [7, 11) is 0. The first-order chi connectivity index (χ1) is 11.6. The summed E-state index contributed by atoms with van der Waals surface area (Å²) in [6.07, 6.45) is 0.977. The first-order valence-corrected chi connectivity index (χ1v) is 8.15. The highest BCUT2D eigenvalue weighted by atomic mass is 16.1. The number of nitrogens with two attached hydrogens (primary N) is 1. The summed E-state index contributed by atoms with van der Waals surface area (Å²) in [5.41, 5.74) is 9.76. The third kappa shape index (κ3) is 5.12. The Balaban J connectivity index is 1.95. The number of benzene rings is 2. The number of aliphatic imine (C=N–C) groups is 1. The van der Waals surface area contributed by atoms with E-state index in [1.165, 1.54) is 5.56 Å². The normalized spacial score (nSPS) is 11.2. The Hall–Kier alpha value is -2.82. The van der Waals surface area contributed by atoms with Crippen LogP contribution in [0.3, 0.4) is 0 Å². The molecule has 2 aromatic carbocycles. The number of carbonyl (C=O) groups excluding carboxylic acids is 1. The smallest absolute Gasteiger partial charge is 0.251 e. The van der Waals surface area contributed by atoms with Gasteiger partial charge in [-0.1, -0.05) is 31.2 Å². The average Bonchev–Trinajstić information content (AvgIpc) is 2.61. The van der Waals surface area contributed by atoms with E-state index in [-0.39, 0.29) is 5.91 Å². The van der Waals surface area contributed by atoms with Crippen LogP contribution in [-0.4, -0.2) is 18.4 Å². The van der Waals surface area contributed by atoms with Gasteiger partial charge < -0.3 is 16.4 Å². The topological polar surface area (TPSA) is 79.5 Å². The van der Waals surface area contributed by atoms with Crippen molar-refractivity contribution in [1.82, 2.24) is 5.32 Å². The molecule has 2 rings (SSSR count). The Kier molecular flexibility index (Phi) is 6.37. The minimum Gasteiger partial charge on any atom is -0.370 e. The van der Waals surface area contributed by atoms with Crippen molar-refractivity contribution in [2.75, 3.05) is 11.9 Å². The quantitative estimate of drug-likeness (QED) is 0.564. The van der Waals surface area contributed by atoms with Crippen molar-refractivity contribution in [2.24, 2.45) is 10.7 Å². The second kappa shape index (κ2) is 8.72. The first kappa shape index (κ1) is 17.5. The Morgan fingerprint density at radius 3 is 2.50 bits per heavy atom. The Morgan fingerprint density at radius 2 is 1.83 bits per heavy atom. The molecular weight excluding hydrogens is 300 g/mol. The van der Waals surface area contributed by atoms with Crippen molar-refractivity contribution in [1.29, 1.82) is 0 Å². The van der Waals surface area contributed by atoms with Crippen LogP contribution in [0.25, 0.3) is 0 Å². The zero-order valence-corrected chi connectivity index (χ0v) is 14.2. The molecule has 0 saturated carbocycles. The van der Waals surface area contributed by atoms with E-state index in [0.29, 0.717) is 24.6 Å². The number of nitrogens with zero attached hydrogens (tertiary/aromatic N) is 1. The molecule has 2 aromatic rings. The lowest BCUT2D eigenvalue weighted by Crippen LogP contribution is -2.23. The summed E-state index contributed by atoms with van der Waals surface area (Å²) in [5.74, 6) is 0.306. The van der Waals surface area contributed by atoms with E-state index in [0.717, 1.165) is 17.7 Å². The fourth-order valence-electron chi connectivity index (χ4n) is 2.26. The zero-order chi connectivity index (χ0) is 17.4. The van der Waals surface area contributed by atoms with E-state index in [1.54, 1.807) is 12.1 Å². The zero-order valence-electron chi connectivity index (χ0n) is 14.2. The monoisotopic (exact) mass is 324 g/mol. The molecule has 0 aromatic heterocycles. The van der Waals surface area contributed by atoms with Gasteiger partial charge in [0, 0.05) is 17.8 Å². The fraction of sp³-hybridized carbons (Fsp3) is 0.263. The second-order valence-corrected chi connectivity index (χ2v) is 5.44. The van der Waals surface area contributed by atoms with E-state index in [2.05, 4.69) is 34.7 Å². The van der Waals surface area contributed by atoms with Crippen LogP contribution in [0.5, 0.6) is 0 Å². The van der Waals surface area contributed by atoms with Crippen molar-refractivity contribution in [3.8, 4) is 0 Å². The largest absolute Gasteiger partial charge is 0.370 e. The summed E-state index contributed by atoms with van der Waals surface area (Å²) in [5, 5.41) is 5.87. The maximum atomic E-state index is 11.7. The van der Waals surface area contributed by atoms with Crippen molar-refractivity contribution in [2.45, 2.75) is 26.8 Å². The second-order valence-electron chi connectivity index (χ2n) is 5.44. The molecule has 0 aliphatic carbocycles. The third-order valence-corrected chi connectivity index (χ3v) is 3.59. The third-order valence-electron chi connectivity index (χ3n) is 3.59. The van der Waals surface area contributed by atoms with Crippen LogP contribution in [0.2, 0.25) is 0 Å². The van der Waals surface area contributed by atoms with E-state index >= 15 is 0 Å². The molecule has 0 heterocycles. The predicted octanol–water partition coefficient (Wildman–Crippen LogP) is 2.93. The van der Waals surface area contributed by atoms with Crippen LogP contribution >= 0.6 is 0 Å². The molecule has 5 heteroatoms. The highest BCUT2D eigenvalue weighted by Crippen LogP contribution is 2.11. The summed E-state index contributed by atoms with van der Waals surface area (Å²) in [6.45, 7) is 5.09. The van der Waals surface area contributed by atoms with Gasteiger partial charge in [-0.15, -0.1) is 0 Å². The van der Waals surface area contributed by atoms with Crippen LogP contribution in [0.15, 0.2) is 53.5 Å². The first-order valence-electron chi connectivity index (χ1n) is 8.15. The van der Waals surface area contributed by atoms with Crippen LogP contribution in [0.4, 0.5) is 5.69 Å². The molecule has 0 radical (unpaired) electrons. The van der Waals surface area contributed by atoms with Gasteiger partial charge in [-0.2, -0.15) is 0 Å². The van der Waals surface area contributed by atoms with Crippen molar-refractivity contribution >= 4 is 17.6 Å². The number of aryl methyl sites for hydroxylation is 1. The van der Waals surface area contributed by atoms with Gasteiger partial charge in [0.25, 0.3) is 5.91 Å². The molecule has 1 amide bonds. The number of carbonyl (C=O) groups is 1. The van der Waals surface area contributed by atoms with Gasteiger partial charge in [0.2, 0.25) is 0 Å². The molecule has 4 N–H and O–H groups in total. The fourth-order valence-corrected chi connectivity index (χ4v) is 2.26. The number of anilines is 1. The average molecular weight is 324 g/mol. The lowest BCUT2D eigenvalue weighted by molar-refractivity contribution is 0.0956. The molecule has 0 aliphatic rings. The van der Waals surface area contributed by atoms with Crippen LogP contribution < -0.4 is 16.4 Å². The molecule has 0 spiro atoms. The molecule has 24 heavy (non-hydrogen) atoms. The molecule has 0 unspecified atom stereocenters. The van der Waals surface area contributed by atoms with Gasteiger partial charge in [-0.05, 0) is 48.7 Å². The van der Waals surface area contributed by atoms with Crippen LogP contribution in [-0.2, 0) is 13.0 Å². The van der Waals surface area contributed by atoms with Gasteiger partial charge in [0.1, 0.15) is 0 Å². The number of rotatable bonds is 6. The number of hydrogen-bond acceptors (Lipinski definition) is 2. The van der Waals surface area contributed by atoms with Crippen LogP contribution in [0.1, 0.15) is 35.3 Å². The standard InChI is InChI=1S/C19H24N4O/c1-3-14-6-5-7-17(12-14)23-19(20)22-13-15-8-10-16(11-9-15)18(24)21-4-2/h5-12H,3-4,13H2,1-2H3,(H,21,24)(H3,20,22,23). The van der Waals surface area contributed by atoms with Crippen molar-refractivity contribution in [3.63, 3.8) is 0 Å². The highest BCUT2D eigenvalue weighted by molar-refractivity contribution is 5.94. The Labute approximate surface area is 143 Å². The Bertz CT molecular complexity index is 708. The molecule has 0 saturated heterocycles. The van der Waals surface area contributed by atoms with E-state index in [4.69, 9.17) is 5.73 Å². The maximum absolute atomic E-state index is 11.7. The number of hydrogen-bond donors (Lipinski definition) is 3. The van der Waals surface area contributed by atoms with E-state index in [1.807, 2.05) is 31.2 Å².